The molecule has 3 aromatic rings. The van der Waals surface area contributed by atoms with Crippen molar-refractivity contribution in [3.63, 3.8) is 0 Å². The third-order valence-electron chi connectivity index (χ3n) is 3.26. The molecule has 1 aromatic carbocycles. The van der Waals surface area contributed by atoms with Crippen LogP contribution in [-0.4, -0.2) is 20.4 Å². The second-order valence-corrected chi connectivity index (χ2v) is 4.88. The lowest BCUT2D eigenvalue weighted by Gasteiger charge is -2.07. The average molecular weight is 305 g/mol. The number of rotatable bonds is 3. The molecule has 3 rings (SSSR count). The molecule has 6 nitrogen and oxygen atoms in total. The predicted octanol–water partition coefficient (Wildman–Crippen LogP) is 1.65. The summed E-state index contributed by atoms with van der Waals surface area (Å²) in [6.45, 7) is 0.615. The molecule has 0 saturated carbocycles. The van der Waals surface area contributed by atoms with Crippen LogP contribution in [0.4, 0.5) is 5.82 Å². The van der Waals surface area contributed by atoms with E-state index in [0.717, 1.165) is 5.56 Å². The van der Waals surface area contributed by atoms with Gasteiger partial charge in [-0.2, -0.15) is 4.99 Å². The number of aromatic nitrogens is 3. The Morgan fingerprint density at radius 1 is 1.04 bits per heavy atom. The van der Waals surface area contributed by atoms with Gasteiger partial charge < -0.3 is 10.3 Å². The maximum atomic E-state index is 12.3. The summed E-state index contributed by atoms with van der Waals surface area (Å²) in [7, 11) is 0. The van der Waals surface area contributed by atoms with Gasteiger partial charge in [0.1, 0.15) is 5.49 Å². The molecule has 0 radical (unpaired) electrons. The Morgan fingerprint density at radius 3 is 2.57 bits per heavy atom. The van der Waals surface area contributed by atoms with Gasteiger partial charge in [0.2, 0.25) is 0 Å². The van der Waals surface area contributed by atoms with Crippen LogP contribution in [0.2, 0.25) is 0 Å². The average Bonchev–Trinajstić information content (AvgIpc) is 2.58. The van der Waals surface area contributed by atoms with Crippen LogP contribution in [0.5, 0.6) is 0 Å². The van der Waals surface area contributed by atoms with Crippen LogP contribution in [0.15, 0.2) is 72.1 Å². The number of carbonyl (C=O) groups is 1. The van der Waals surface area contributed by atoms with Gasteiger partial charge in [-0.15, -0.1) is 0 Å². The molecule has 0 aliphatic heterocycles. The first-order valence-electron chi connectivity index (χ1n) is 7.09. The molecule has 0 unspecified atom stereocenters. The van der Waals surface area contributed by atoms with Gasteiger partial charge in [0.25, 0.3) is 0 Å². The van der Waals surface area contributed by atoms with Gasteiger partial charge in [-0.05, 0) is 17.7 Å². The van der Waals surface area contributed by atoms with Crippen molar-refractivity contribution < 1.29 is 4.79 Å². The maximum Gasteiger partial charge on any atom is 0.301 e. The summed E-state index contributed by atoms with van der Waals surface area (Å²) in [5.74, 6) is -0.435. The van der Waals surface area contributed by atoms with Crippen LogP contribution >= 0.6 is 0 Å². The fraction of sp³-hybridized carbons (Fsp3) is 0.0588. The van der Waals surface area contributed by atoms with Crippen LogP contribution in [-0.2, 0) is 6.54 Å². The molecular weight excluding hydrogens is 290 g/mol. The number of hydrogen-bond acceptors (Lipinski definition) is 4. The number of nitrogens with zero attached hydrogens (tertiary/aromatic N) is 4. The molecule has 2 heterocycles. The monoisotopic (exact) mass is 305 g/mol. The van der Waals surface area contributed by atoms with Gasteiger partial charge in [0, 0.05) is 25.1 Å². The van der Waals surface area contributed by atoms with E-state index in [9.17, 15) is 4.79 Å². The largest absolute Gasteiger partial charge is 0.382 e. The summed E-state index contributed by atoms with van der Waals surface area (Å²) in [5.41, 5.74) is 7.38. The molecule has 0 aliphatic rings. The topological polar surface area (TPSA) is 86.2 Å². The first-order chi connectivity index (χ1) is 11.2. The van der Waals surface area contributed by atoms with Crippen molar-refractivity contribution in [3.05, 3.63) is 83.9 Å². The smallest absolute Gasteiger partial charge is 0.301 e. The summed E-state index contributed by atoms with van der Waals surface area (Å²) in [5, 5.41) is 0. The summed E-state index contributed by atoms with van der Waals surface area (Å²) in [6.07, 6.45) is 4.73. The summed E-state index contributed by atoms with van der Waals surface area (Å²) < 4.78 is 1.89. The molecule has 2 aromatic heterocycles. The van der Waals surface area contributed by atoms with Crippen molar-refractivity contribution >= 4 is 11.7 Å². The Morgan fingerprint density at radius 2 is 1.78 bits per heavy atom. The molecule has 0 fully saturated rings. The molecule has 0 atom stereocenters. The minimum atomic E-state index is -0.511. The van der Waals surface area contributed by atoms with Gasteiger partial charge in [-0.25, -0.2) is 9.97 Å². The fourth-order valence-corrected chi connectivity index (χ4v) is 2.15. The summed E-state index contributed by atoms with van der Waals surface area (Å²) >= 11 is 0. The zero-order valence-corrected chi connectivity index (χ0v) is 12.3. The van der Waals surface area contributed by atoms with Gasteiger partial charge >= 0.3 is 5.91 Å². The van der Waals surface area contributed by atoms with Crippen LogP contribution in [0.3, 0.4) is 0 Å². The van der Waals surface area contributed by atoms with Crippen molar-refractivity contribution in [1.82, 2.24) is 14.5 Å². The Kier molecular flexibility index (Phi) is 4.24. The van der Waals surface area contributed by atoms with Crippen molar-refractivity contribution in [2.24, 2.45) is 4.99 Å². The number of pyridine rings is 1. The molecular formula is C17H15N5O. The first kappa shape index (κ1) is 14.6. The van der Waals surface area contributed by atoms with Gasteiger partial charge in [-0.1, -0.05) is 36.4 Å². The first-order valence-corrected chi connectivity index (χ1v) is 7.09. The standard InChI is InChI=1S/C17H15N5O/c18-16-15(19-9-10-20-16)17(23)21-14-8-4-5-11-22(14)12-13-6-2-1-3-7-13/h1-11H,12H2,(H2,18,20). The van der Waals surface area contributed by atoms with Crippen LogP contribution in [0.1, 0.15) is 16.1 Å². The SMILES string of the molecule is Nc1nccnc1C(=O)N=c1ccccn1Cc1ccccc1. The van der Waals surface area contributed by atoms with E-state index in [0.29, 0.717) is 12.0 Å². The Labute approximate surface area is 133 Å². The van der Waals surface area contributed by atoms with Gasteiger partial charge in [-0.3, -0.25) is 4.79 Å². The van der Waals surface area contributed by atoms with E-state index < -0.39 is 5.91 Å². The van der Waals surface area contributed by atoms with E-state index in [2.05, 4.69) is 15.0 Å². The van der Waals surface area contributed by atoms with Crippen molar-refractivity contribution in [2.45, 2.75) is 6.54 Å². The number of nitrogen functional groups attached to an aromatic ring is 1. The van der Waals surface area contributed by atoms with E-state index in [1.807, 2.05) is 53.2 Å². The fourth-order valence-electron chi connectivity index (χ4n) is 2.15. The van der Waals surface area contributed by atoms with E-state index >= 15 is 0 Å². The molecule has 1 amide bonds. The molecule has 2 N–H and O–H groups in total. The molecule has 0 saturated heterocycles. The minimum Gasteiger partial charge on any atom is -0.382 e. The zero-order chi connectivity index (χ0) is 16.1. The van der Waals surface area contributed by atoms with Crippen LogP contribution in [0.25, 0.3) is 0 Å². The molecule has 0 aliphatic carbocycles. The highest BCUT2D eigenvalue weighted by Gasteiger charge is 2.10. The Balaban J connectivity index is 1.97. The Bertz CT molecular complexity index is 886. The lowest BCUT2D eigenvalue weighted by molar-refractivity contribution is 0.0993. The molecule has 23 heavy (non-hydrogen) atoms. The minimum absolute atomic E-state index is 0.0580. The highest BCUT2D eigenvalue weighted by Crippen LogP contribution is 2.04. The van der Waals surface area contributed by atoms with Crippen molar-refractivity contribution in [1.29, 1.82) is 0 Å². The highest BCUT2D eigenvalue weighted by atomic mass is 16.1. The summed E-state index contributed by atoms with van der Waals surface area (Å²) in [4.78, 5) is 24.2. The molecule has 6 heteroatoms. The summed E-state index contributed by atoms with van der Waals surface area (Å²) in [6, 6.07) is 15.4. The second-order valence-electron chi connectivity index (χ2n) is 4.88. The predicted molar refractivity (Wildman–Crippen MR) is 86.3 cm³/mol. The quantitative estimate of drug-likeness (QED) is 0.797. The lowest BCUT2D eigenvalue weighted by atomic mass is 10.2. The van der Waals surface area contributed by atoms with Crippen LogP contribution in [0, 0.1) is 0 Å². The lowest BCUT2D eigenvalue weighted by Crippen LogP contribution is -2.22. The Hall–Kier alpha value is -3.28. The van der Waals surface area contributed by atoms with E-state index in [4.69, 9.17) is 5.73 Å². The van der Waals surface area contributed by atoms with E-state index in [1.165, 1.54) is 12.4 Å². The third kappa shape index (κ3) is 3.49. The second kappa shape index (κ2) is 6.65. The van der Waals surface area contributed by atoms with Gasteiger partial charge in [0.15, 0.2) is 11.5 Å². The highest BCUT2D eigenvalue weighted by molar-refractivity contribution is 5.96. The normalized spacial score (nSPS) is 11.4. The third-order valence-corrected chi connectivity index (χ3v) is 3.26. The number of anilines is 1. The molecule has 0 spiro atoms. The van der Waals surface area contributed by atoms with E-state index in [1.54, 1.807) is 6.07 Å². The number of hydrogen-bond donors (Lipinski definition) is 1. The number of carbonyl (C=O) groups excluding carboxylic acids is 1. The molecule has 114 valence electrons. The number of nitrogens with two attached hydrogens (primary N) is 1. The van der Waals surface area contributed by atoms with Crippen molar-refractivity contribution in [3.8, 4) is 0 Å². The maximum absolute atomic E-state index is 12.3. The van der Waals surface area contributed by atoms with Crippen molar-refractivity contribution in [2.75, 3.05) is 5.73 Å². The van der Waals surface area contributed by atoms with Crippen LogP contribution < -0.4 is 11.2 Å². The zero-order valence-electron chi connectivity index (χ0n) is 12.3. The van der Waals surface area contributed by atoms with E-state index in [-0.39, 0.29) is 11.5 Å². The number of amides is 1. The van der Waals surface area contributed by atoms with Gasteiger partial charge in [0.05, 0.1) is 0 Å². The molecule has 0 bridgehead atoms. The number of benzene rings is 1.